The van der Waals surface area contributed by atoms with E-state index in [1.54, 1.807) is 0 Å². The second-order valence-corrected chi connectivity index (χ2v) is 2.92. The standard InChI is InChI=1S/CN.K.H3N.H2O8S2/c1-2;;;1-9(2,3)7-8-10(4,5)6/h;;1H3;(H,1,2,3)(H,4,5,6)/q-1;+1;;. The van der Waals surface area contributed by atoms with Crippen molar-refractivity contribution >= 4 is 20.8 Å². The van der Waals surface area contributed by atoms with E-state index >= 15 is 0 Å². The Bertz CT molecular complexity index is 296. The second kappa shape index (κ2) is 10.3. The van der Waals surface area contributed by atoms with Gasteiger partial charge in [-0.1, -0.05) is 8.67 Å². The van der Waals surface area contributed by atoms with E-state index in [4.69, 9.17) is 16.4 Å². The monoisotopic (exact) mass is 276 g/mol. The van der Waals surface area contributed by atoms with Crippen LogP contribution in [-0.2, 0) is 29.5 Å². The minimum atomic E-state index is -5.27. The average Bonchev–Trinajstić information content (AvgIpc) is 1.86. The number of quaternary nitrogens is 1. The van der Waals surface area contributed by atoms with Gasteiger partial charge in [-0.2, -0.15) is 8.42 Å². The Morgan fingerprint density at radius 3 is 1.50 bits per heavy atom. The Kier molecular flexibility index (Phi) is 17.9. The first-order valence-corrected chi connectivity index (χ1v) is 4.44. The summed E-state index contributed by atoms with van der Waals surface area (Å²) in [6.07, 6.45) is 0. The molecule has 0 spiro atoms. The fraction of sp³-hybridized carbons (Fsp3) is 0. The van der Waals surface area contributed by atoms with Crippen molar-refractivity contribution in [2.24, 2.45) is 0 Å². The maximum absolute atomic E-state index is 9.48. The largest absolute Gasteiger partial charge is 1.00 e. The van der Waals surface area contributed by atoms with E-state index in [9.17, 15) is 21.4 Å². The van der Waals surface area contributed by atoms with Gasteiger partial charge in [-0.25, -0.2) is 8.42 Å². The van der Waals surface area contributed by atoms with Crippen molar-refractivity contribution in [3.63, 3.8) is 0 Å². The molecule has 0 heterocycles. The molecule has 0 atom stereocenters. The van der Waals surface area contributed by atoms with Gasteiger partial charge in [-0.3, -0.25) is 4.55 Å². The van der Waals surface area contributed by atoms with Crippen LogP contribution in [0.25, 0.3) is 0 Å². The summed E-state index contributed by atoms with van der Waals surface area (Å²) in [5, 5.41) is 6.25. The first-order chi connectivity index (χ1) is 5.21. The van der Waals surface area contributed by atoms with E-state index in [-0.39, 0.29) is 57.5 Å². The minimum absolute atomic E-state index is 0. The maximum atomic E-state index is 9.48. The Labute approximate surface area is 123 Å². The van der Waals surface area contributed by atoms with Crippen LogP contribution in [0, 0.1) is 11.8 Å². The molecule has 80 valence electrons. The van der Waals surface area contributed by atoms with Gasteiger partial charge < -0.3 is 22.5 Å². The molecule has 0 aliphatic rings. The predicted molar refractivity (Wildman–Crippen MR) is 34.4 cm³/mol. The van der Waals surface area contributed by atoms with Gasteiger partial charge in [0.15, 0.2) is 0 Å². The van der Waals surface area contributed by atoms with Crippen molar-refractivity contribution in [2.75, 3.05) is 0 Å². The SMILES string of the molecule is O=S(=O)([O-])OOS(=O)(=O)O.[C-]#N.[K+].[NH4+]. The van der Waals surface area contributed by atoms with Crippen molar-refractivity contribution in [2.45, 2.75) is 0 Å². The van der Waals surface area contributed by atoms with Crippen LogP contribution in [0.1, 0.15) is 0 Å². The van der Waals surface area contributed by atoms with Gasteiger partial charge in [0, 0.05) is 0 Å². The number of nitrogens with zero attached hydrogens (tertiary/aromatic N) is 1. The number of hydrogen-bond donors (Lipinski definition) is 2. The van der Waals surface area contributed by atoms with Crippen LogP contribution < -0.4 is 57.5 Å². The van der Waals surface area contributed by atoms with Gasteiger partial charge in [-0.15, -0.1) is 0 Å². The van der Waals surface area contributed by atoms with Gasteiger partial charge in [0.25, 0.3) is 0 Å². The molecule has 0 aromatic heterocycles. The molecule has 10 nitrogen and oxygen atoms in total. The molecule has 0 unspecified atom stereocenters. The van der Waals surface area contributed by atoms with Crippen LogP contribution in [0.15, 0.2) is 0 Å². The van der Waals surface area contributed by atoms with E-state index in [2.05, 4.69) is 8.67 Å². The van der Waals surface area contributed by atoms with E-state index in [1.807, 2.05) is 0 Å². The molecule has 13 heteroatoms. The molecular formula is CH5KN2O8S2. The normalized spacial score (nSPS) is 9.71. The molecule has 0 amide bonds. The maximum Gasteiger partial charge on any atom is 1.00 e. The average molecular weight is 276 g/mol. The van der Waals surface area contributed by atoms with E-state index in [1.165, 1.54) is 0 Å². The third-order valence-electron chi connectivity index (χ3n) is 0.197. The van der Waals surface area contributed by atoms with E-state index in [0.717, 1.165) is 0 Å². The van der Waals surface area contributed by atoms with Gasteiger partial charge in [0.2, 0.25) is 10.4 Å². The Hall–Kier alpha value is 0.826. The quantitative estimate of drug-likeness (QED) is 0.128. The van der Waals surface area contributed by atoms with Gasteiger partial charge >= 0.3 is 61.8 Å². The van der Waals surface area contributed by atoms with Crippen molar-refractivity contribution in [3.05, 3.63) is 6.57 Å². The fourth-order valence-corrected chi connectivity index (χ4v) is 0.622. The summed E-state index contributed by atoms with van der Waals surface area (Å²) in [5.74, 6) is 0. The fourth-order valence-electron chi connectivity index (χ4n) is 0.0691. The Morgan fingerprint density at radius 1 is 1.14 bits per heavy atom. The van der Waals surface area contributed by atoms with Crippen LogP contribution in [0.4, 0.5) is 0 Å². The zero-order valence-corrected chi connectivity index (χ0v) is 11.8. The molecule has 0 rings (SSSR count). The summed E-state index contributed by atoms with van der Waals surface area (Å²) in [5.41, 5.74) is 0. The molecule has 0 radical (unpaired) electrons. The molecule has 0 aromatic rings. The topological polar surface area (TPSA) is 190 Å². The summed E-state index contributed by atoms with van der Waals surface area (Å²) in [7, 11) is -10.3. The predicted octanol–water partition coefficient (Wildman–Crippen LogP) is -4.33. The van der Waals surface area contributed by atoms with Crippen molar-refractivity contribution < 1.29 is 86.0 Å². The molecule has 14 heavy (non-hydrogen) atoms. The van der Waals surface area contributed by atoms with Gasteiger partial charge in [0.1, 0.15) is 0 Å². The third kappa shape index (κ3) is 29.3. The number of hydrogen-bond acceptors (Lipinski definition) is 8. The van der Waals surface area contributed by atoms with Crippen molar-refractivity contribution in [3.8, 4) is 0 Å². The summed E-state index contributed by atoms with van der Waals surface area (Å²) in [6, 6.07) is 0. The Balaban J connectivity index is -0.000000117. The van der Waals surface area contributed by atoms with Crippen molar-refractivity contribution in [1.29, 1.82) is 5.26 Å². The smallest absolute Gasteiger partial charge is 0.724 e. The molecule has 0 aliphatic heterocycles. The molecule has 0 saturated carbocycles. The van der Waals surface area contributed by atoms with Crippen LogP contribution in [-0.4, -0.2) is 25.9 Å². The minimum Gasteiger partial charge on any atom is -0.724 e. The van der Waals surface area contributed by atoms with Crippen LogP contribution >= 0.6 is 0 Å². The van der Waals surface area contributed by atoms with Crippen molar-refractivity contribution in [1.82, 2.24) is 6.15 Å². The first kappa shape index (κ1) is 24.2. The van der Waals surface area contributed by atoms with Crippen LogP contribution in [0.2, 0.25) is 0 Å². The summed E-state index contributed by atoms with van der Waals surface area (Å²) in [6.45, 7) is 4.75. The first-order valence-electron chi connectivity index (χ1n) is 1.74. The van der Waals surface area contributed by atoms with E-state index in [0.29, 0.717) is 0 Å². The Morgan fingerprint density at radius 2 is 1.43 bits per heavy atom. The zero-order valence-electron chi connectivity index (χ0n) is 7.07. The number of rotatable bonds is 3. The van der Waals surface area contributed by atoms with Gasteiger partial charge in [0.05, 0.1) is 0 Å². The zero-order chi connectivity index (χ0) is 10.4. The molecule has 0 fully saturated rings. The van der Waals surface area contributed by atoms with E-state index < -0.39 is 20.8 Å². The molecule has 0 bridgehead atoms. The molecule has 0 aromatic carbocycles. The molecular weight excluding hydrogens is 271 g/mol. The summed E-state index contributed by atoms with van der Waals surface area (Å²) in [4.78, 5) is 0. The molecule has 0 aliphatic carbocycles. The second-order valence-electron chi connectivity index (χ2n) is 0.972. The molecule has 5 N–H and O–H groups in total. The van der Waals surface area contributed by atoms with Gasteiger partial charge in [-0.05, 0) is 0 Å². The van der Waals surface area contributed by atoms with Crippen LogP contribution in [0.3, 0.4) is 0 Å². The molecule has 0 saturated heterocycles. The third-order valence-corrected chi connectivity index (χ3v) is 0.758. The summed E-state index contributed by atoms with van der Waals surface area (Å²) < 4.78 is 60.2. The summed E-state index contributed by atoms with van der Waals surface area (Å²) >= 11 is 0. The van der Waals surface area contributed by atoms with Crippen LogP contribution in [0.5, 0.6) is 0 Å².